The Hall–Kier alpha value is -0.850. The predicted octanol–water partition coefficient (Wildman–Crippen LogP) is 5.16. The van der Waals surface area contributed by atoms with Gasteiger partial charge in [-0.2, -0.15) is 0 Å². The van der Waals surface area contributed by atoms with E-state index in [0.29, 0.717) is 10.8 Å². The highest BCUT2D eigenvalue weighted by Gasteiger charge is 2.17. The van der Waals surface area contributed by atoms with Crippen molar-refractivity contribution in [1.82, 2.24) is 9.55 Å². The van der Waals surface area contributed by atoms with Crippen molar-refractivity contribution < 1.29 is 4.39 Å². The van der Waals surface area contributed by atoms with E-state index < -0.39 is 5.82 Å². The Kier molecular flexibility index (Phi) is 3.88. The van der Waals surface area contributed by atoms with Gasteiger partial charge in [0.05, 0.1) is 21.9 Å². The summed E-state index contributed by atoms with van der Waals surface area (Å²) in [5, 5.41) is 0.328. The van der Waals surface area contributed by atoms with Crippen molar-refractivity contribution in [2.24, 2.45) is 0 Å². The Bertz CT molecular complexity index is 781. The lowest BCUT2D eigenvalue weighted by molar-refractivity contribution is 0.618. The number of para-hydroxylation sites is 1. The molecule has 0 aliphatic heterocycles. The van der Waals surface area contributed by atoms with Gasteiger partial charge in [0, 0.05) is 3.57 Å². The monoisotopic (exact) mass is 420 g/mol. The summed E-state index contributed by atoms with van der Waals surface area (Å²) in [6.07, 6.45) is 0. The zero-order chi connectivity index (χ0) is 14.3. The molecule has 1 heterocycles. The molecule has 0 atom stereocenters. The molecule has 0 amide bonds. The number of benzene rings is 2. The number of hydrogen-bond donors (Lipinski definition) is 0. The summed E-state index contributed by atoms with van der Waals surface area (Å²) < 4.78 is 16.9. The van der Waals surface area contributed by atoms with E-state index in [0.717, 1.165) is 14.6 Å². The number of fused-ring (bicyclic) bond motifs is 1. The SMILES string of the molecule is Fc1cccc(Cl)c1-n1c(CCl)nc2cc(I)ccc21. The van der Waals surface area contributed by atoms with Crippen molar-refractivity contribution in [3.8, 4) is 5.69 Å². The first-order chi connectivity index (χ1) is 9.61. The second-order valence-electron chi connectivity index (χ2n) is 4.20. The van der Waals surface area contributed by atoms with E-state index in [9.17, 15) is 4.39 Å². The number of imidazole rings is 1. The minimum Gasteiger partial charge on any atom is -0.291 e. The third-order valence-electron chi connectivity index (χ3n) is 2.97. The van der Waals surface area contributed by atoms with E-state index >= 15 is 0 Å². The van der Waals surface area contributed by atoms with Crippen LogP contribution < -0.4 is 0 Å². The van der Waals surface area contributed by atoms with Gasteiger partial charge >= 0.3 is 0 Å². The summed E-state index contributed by atoms with van der Waals surface area (Å²) in [5.41, 5.74) is 1.84. The van der Waals surface area contributed by atoms with Gasteiger partial charge in [-0.3, -0.25) is 4.57 Å². The maximum absolute atomic E-state index is 14.2. The molecule has 102 valence electrons. The molecule has 0 aliphatic carbocycles. The molecule has 0 spiro atoms. The van der Waals surface area contributed by atoms with Gasteiger partial charge < -0.3 is 0 Å². The molecule has 0 N–H and O–H groups in total. The molecule has 0 fully saturated rings. The quantitative estimate of drug-likeness (QED) is 0.413. The standard InChI is InChI=1S/C14H8Cl2FIN2/c15-7-13-19-11-6-8(18)4-5-12(11)20(13)14-9(16)2-1-3-10(14)17/h1-6H,7H2. The Morgan fingerprint density at radius 3 is 2.75 bits per heavy atom. The van der Waals surface area contributed by atoms with Gasteiger partial charge in [-0.05, 0) is 52.9 Å². The highest BCUT2D eigenvalue weighted by Crippen LogP contribution is 2.30. The lowest BCUT2D eigenvalue weighted by atomic mass is 10.2. The largest absolute Gasteiger partial charge is 0.291 e. The third-order valence-corrected chi connectivity index (χ3v) is 4.18. The van der Waals surface area contributed by atoms with Crippen LogP contribution in [0.4, 0.5) is 4.39 Å². The topological polar surface area (TPSA) is 17.8 Å². The predicted molar refractivity (Wildman–Crippen MR) is 88.3 cm³/mol. The molecule has 3 aromatic rings. The van der Waals surface area contributed by atoms with E-state index in [1.807, 2.05) is 18.2 Å². The summed E-state index contributed by atoms with van der Waals surface area (Å²) in [7, 11) is 0. The van der Waals surface area contributed by atoms with E-state index in [-0.39, 0.29) is 11.6 Å². The van der Waals surface area contributed by atoms with Crippen molar-refractivity contribution in [2.45, 2.75) is 5.88 Å². The Balaban J connectivity index is 2.40. The smallest absolute Gasteiger partial charge is 0.148 e. The molecule has 0 unspecified atom stereocenters. The molecule has 0 saturated carbocycles. The summed E-state index contributed by atoms with van der Waals surface area (Å²) in [6.45, 7) is 0. The summed E-state index contributed by atoms with van der Waals surface area (Å²) in [5.74, 6) is 0.341. The first-order valence-corrected chi connectivity index (χ1v) is 7.78. The van der Waals surface area contributed by atoms with Crippen molar-refractivity contribution in [1.29, 1.82) is 0 Å². The molecule has 0 radical (unpaired) electrons. The lowest BCUT2D eigenvalue weighted by Crippen LogP contribution is -2.03. The fraction of sp³-hybridized carbons (Fsp3) is 0.0714. The van der Waals surface area contributed by atoms with E-state index in [1.54, 1.807) is 16.7 Å². The highest BCUT2D eigenvalue weighted by molar-refractivity contribution is 14.1. The first-order valence-electron chi connectivity index (χ1n) is 5.79. The number of rotatable bonds is 2. The first kappa shape index (κ1) is 14.1. The van der Waals surface area contributed by atoms with Crippen LogP contribution in [0.3, 0.4) is 0 Å². The molecule has 0 saturated heterocycles. The molecule has 2 aromatic carbocycles. The summed E-state index contributed by atoms with van der Waals surface area (Å²) in [4.78, 5) is 4.45. The number of aromatic nitrogens is 2. The van der Waals surface area contributed by atoms with Gasteiger partial charge in [0.1, 0.15) is 17.3 Å². The van der Waals surface area contributed by atoms with Gasteiger partial charge in [0.15, 0.2) is 0 Å². The van der Waals surface area contributed by atoms with Crippen LogP contribution in [0.1, 0.15) is 5.82 Å². The molecular formula is C14H8Cl2FIN2. The second-order valence-corrected chi connectivity index (χ2v) is 6.12. The molecule has 20 heavy (non-hydrogen) atoms. The molecule has 3 rings (SSSR count). The van der Waals surface area contributed by atoms with Gasteiger partial charge in [-0.15, -0.1) is 11.6 Å². The van der Waals surface area contributed by atoms with Crippen LogP contribution in [-0.2, 0) is 5.88 Å². The summed E-state index contributed by atoms with van der Waals surface area (Å²) >= 11 is 14.3. The third kappa shape index (κ3) is 2.29. The van der Waals surface area contributed by atoms with E-state index in [4.69, 9.17) is 23.2 Å². The lowest BCUT2D eigenvalue weighted by Gasteiger charge is -2.10. The van der Waals surface area contributed by atoms with Crippen LogP contribution in [0, 0.1) is 9.39 Å². The van der Waals surface area contributed by atoms with Crippen molar-refractivity contribution >= 4 is 56.8 Å². The Morgan fingerprint density at radius 1 is 1.25 bits per heavy atom. The molecular weight excluding hydrogens is 413 g/mol. The van der Waals surface area contributed by atoms with Crippen LogP contribution in [0.5, 0.6) is 0 Å². The molecule has 6 heteroatoms. The van der Waals surface area contributed by atoms with Crippen LogP contribution in [-0.4, -0.2) is 9.55 Å². The van der Waals surface area contributed by atoms with Crippen molar-refractivity contribution in [2.75, 3.05) is 0 Å². The minimum atomic E-state index is -0.401. The number of halogens is 4. The number of alkyl halides is 1. The Morgan fingerprint density at radius 2 is 2.05 bits per heavy atom. The second kappa shape index (κ2) is 5.50. The normalized spacial score (nSPS) is 11.2. The van der Waals surface area contributed by atoms with Crippen LogP contribution in [0.25, 0.3) is 16.7 Å². The van der Waals surface area contributed by atoms with E-state index in [1.165, 1.54) is 6.07 Å². The maximum atomic E-state index is 14.2. The van der Waals surface area contributed by atoms with Crippen LogP contribution >= 0.6 is 45.8 Å². The zero-order valence-electron chi connectivity index (χ0n) is 10.1. The number of hydrogen-bond acceptors (Lipinski definition) is 1. The average molecular weight is 421 g/mol. The van der Waals surface area contributed by atoms with Crippen LogP contribution in [0.2, 0.25) is 5.02 Å². The van der Waals surface area contributed by atoms with Gasteiger partial charge in [0.2, 0.25) is 0 Å². The fourth-order valence-corrected chi connectivity index (χ4v) is 3.05. The molecule has 1 aromatic heterocycles. The molecule has 0 bridgehead atoms. The maximum Gasteiger partial charge on any atom is 0.148 e. The van der Waals surface area contributed by atoms with Gasteiger partial charge in [0.25, 0.3) is 0 Å². The minimum absolute atomic E-state index is 0.177. The van der Waals surface area contributed by atoms with Gasteiger partial charge in [-0.25, -0.2) is 9.37 Å². The number of nitrogens with zero attached hydrogens (tertiary/aromatic N) is 2. The highest BCUT2D eigenvalue weighted by atomic mass is 127. The summed E-state index contributed by atoms with van der Waals surface area (Å²) in [6, 6.07) is 10.4. The van der Waals surface area contributed by atoms with Crippen molar-refractivity contribution in [3.63, 3.8) is 0 Å². The van der Waals surface area contributed by atoms with Gasteiger partial charge in [-0.1, -0.05) is 17.7 Å². The fourth-order valence-electron chi connectivity index (χ4n) is 2.15. The zero-order valence-corrected chi connectivity index (χ0v) is 13.7. The average Bonchev–Trinajstić information content (AvgIpc) is 2.76. The molecule has 0 aliphatic rings. The van der Waals surface area contributed by atoms with Crippen molar-refractivity contribution in [3.05, 3.63) is 56.6 Å². The molecule has 2 nitrogen and oxygen atoms in total. The Labute approximate surface area is 138 Å². The van der Waals surface area contributed by atoms with E-state index in [2.05, 4.69) is 27.6 Å². The van der Waals surface area contributed by atoms with Crippen LogP contribution in [0.15, 0.2) is 36.4 Å².